The van der Waals surface area contributed by atoms with Gasteiger partial charge in [0.15, 0.2) is 0 Å². The fourth-order valence-electron chi connectivity index (χ4n) is 2.80. The Bertz CT molecular complexity index is 582. The zero-order valence-electron chi connectivity index (χ0n) is 12.4. The lowest BCUT2D eigenvalue weighted by molar-refractivity contribution is 0.199. The van der Waals surface area contributed by atoms with Crippen LogP contribution in [0, 0.1) is 0 Å². The average Bonchev–Trinajstić information content (AvgIpc) is 3.12. The molecule has 0 spiro atoms. The Balaban J connectivity index is 1.63. The van der Waals surface area contributed by atoms with Crippen LogP contribution in [0.25, 0.3) is 0 Å². The van der Waals surface area contributed by atoms with E-state index >= 15 is 0 Å². The fourth-order valence-corrected chi connectivity index (χ4v) is 4.04. The SMILES string of the molecule is COCCNCc1cccn1CC1CSc2ccccc21. The molecule has 3 nitrogen and oxygen atoms in total. The van der Waals surface area contributed by atoms with Gasteiger partial charge >= 0.3 is 0 Å². The van der Waals surface area contributed by atoms with Gasteiger partial charge < -0.3 is 14.6 Å². The summed E-state index contributed by atoms with van der Waals surface area (Å²) in [6, 6.07) is 13.1. The summed E-state index contributed by atoms with van der Waals surface area (Å²) in [5.41, 5.74) is 2.86. The molecular weight excluding hydrogens is 280 g/mol. The monoisotopic (exact) mass is 302 g/mol. The molecule has 3 rings (SSSR count). The van der Waals surface area contributed by atoms with Crippen LogP contribution in [0.5, 0.6) is 0 Å². The summed E-state index contributed by atoms with van der Waals surface area (Å²) in [5.74, 6) is 1.81. The third-order valence-corrected chi connectivity index (χ3v) is 5.18. The van der Waals surface area contributed by atoms with Gasteiger partial charge in [-0.1, -0.05) is 18.2 Å². The molecule has 1 unspecified atom stereocenters. The molecule has 2 aromatic rings. The molecule has 0 saturated carbocycles. The van der Waals surface area contributed by atoms with Crippen LogP contribution in [0.15, 0.2) is 47.5 Å². The van der Waals surface area contributed by atoms with E-state index in [0.717, 1.165) is 26.2 Å². The van der Waals surface area contributed by atoms with Crippen molar-refractivity contribution in [2.24, 2.45) is 0 Å². The summed E-state index contributed by atoms with van der Waals surface area (Å²) in [5, 5.41) is 3.42. The topological polar surface area (TPSA) is 26.2 Å². The summed E-state index contributed by atoms with van der Waals surface area (Å²) >= 11 is 1.98. The molecule has 1 aliphatic rings. The molecule has 0 saturated heterocycles. The summed E-state index contributed by atoms with van der Waals surface area (Å²) in [6.07, 6.45) is 2.19. The second-order valence-electron chi connectivity index (χ2n) is 5.37. The van der Waals surface area contributed by atoms with Crippen molar-refractivity contribution in [3.63, 3.8) is 0 Å². The van der Waals surface area contributed by atoms with Crippen molar-refractivity contribution in [1.29, 1.82) is 0 Å². The molecule has 0 aliphatic carbocycles. The van der Waals surface area contributed by atoms with E-state index in [-0.39, 0.29) is 0 Å². The normalized spacial score (nSPS) is 17.1. The first-order chi connectivity index (χ1) is 10.4. The highest BCUT2D eigenvalue weighted by Crippen LogP contribution is 2.40. The van der Waals surface area contributed by atoms with Crippen molar-refractivity contribution >= 4 is 11.8 Å². The number of fused-ring (bicyclic) bond motifs is 1. The maximum absolute atomic E-state index is 5.07. The molecule has 2 heterocycles. The van der Waals surface area contributed by atoms with Crippen molar-refractivity contribution < 1.29 is 4.74 Å². The number of hydrogen-bond donors (Lipinski definition) is 1. The van der Waals surface area contributed by atoms with E-state index in [0.29, 0.717) is 5.92 Å². The highest BCUT2D eigenvalue weighted by atomic mass is 32.2. The Labute approximate surface area is 130 Å². The summed E-state index contributed by atoms with van der Waals surface area (Å²) in [6.45, 7) is 3.62. The quantitative estimate of drug-likeness (QED) is 0.796. The van der Waals surface area contributed by atoms with Gasteiger partial charge in [0.2, 0.25) is 0 Å². The molecule has 1 atom stereocenters. The van der Waals surface area contributed by atoms with Crippen LogP contribution in [0.2, 0.25) is 0 Å². The number of nitrogens with zero attached hydrogens (tertiary/aromatic N) is 1. The van der Waals surface area contributed by atoms with Crippen LogP contribution >= 0.6 is 11.8 Å². The van der Waals surface area contributed by atoms with Crippen molar-refractivity contribution in [2.45, 2.75) is 23.9 Å². The third kappa shape index (κ3) is 3.51. The fraction of sp³-hybridized carbons (Fsp3) is 0.412. The number of ether oxygens (including phenoxy) is 1. The Morgan fingerprint density at radius 2 is 2.19 bits per heavy atom. The van der Waals surface area contributed by atoms with Gasteiger partial charge in [-0.25, -0.2) is 0 Å². The van der Waals surface area contributed by atoms with Crippen LogP contribution < -0.4 is 5.32 Å². The Morgan fingerprint density at radius 1 is 1.29 bits per heavy atom. The van der Waals surface area contributed by atoms with E-state index in [2.05, 4.69) is 52.5 Å². The standard InChI is InChI=1S/C17H22N2OS/c1-20-10-8-18-11-15-5-4-9-19(15)12-14-13-21-17-7-3-2-6-16(14)17/h2-7,9,14,18H,8,10-13H2,1H3. The van der Waals surface area contributed by atoms with Crippen LogP contribution in [0.3, 0.4) is 0 Å². The number of nitrogens with one attached hydrogen (secondary N) is 1. The molecule has 112 valence electrons. The zero-order chi connectivity index (χ0) is 14.5. The van der Waals surface area contributed by atoms with Gasteiger partial charge in [0.05, 0.1) is 6.61 Å². The number of methoxy groups -OCH3 is 1. The predicted octanol–water partition coefficient (Wildman–Crippen LogP) is 3.11. The molecule has 4 heteroatoms. The Kier molecular flexibility index (Phi) is 5.01. The van der Waals surface area contributed by atoms with Gasteiger partial charge in [-0.15, -0.1) is 11.8 Å². The molecule has 0 radical (unpaired) electrons. The maximum Gasteiger partial charge on any atom is 0.0587 e. The maximum atomic E-state index is 5.07. The van der Waals surface area contributed by atoms with E-state index in [1.807, 2.05) is 11.8 Å². The lowest BCUT2D eigenvalue weighted by atomic mass is 10.0. The first-order valence-electron chi connectivity index (χ1n) is 7.44. The summed E-state index contributed by atoms with van der Waals surface area (Å²) in [4.78, 5) is 1.45. The van der Waals surface area contributed by atoms with E-state index in [1.54, 1.807) is 7.11 Å². The molecule has 1 aromatic heterocycles. The minimum Gasteiger partial charge on any atom is -0.383 e. The van der Waals surface area contributed by atoms with Crippen molar-refractivity contribution in [2.75, 3.05) is 26.0 Å². The third-order valence-electron chi connectivity index (χ3n) is 3.93. The highest BCUT2D eigenvalue weighted by molar-refractivity contribution is 7.99. The van der Waals surface area contributed by atoms with Gasteiger partial charge in [-0.2, -0.15) is 0 Å². The second kappa shape index (κ2) is 7.16. The van der Waals surface area contributed by atoms with Crippen LogP contribution in [-0.2, 0) is 17.8 Å². The van der Waals surface area contributed by atoms with E-state index in [9.17, 15) is 0 Å². The molecule has 0 fully saturated rings. The average molecular weight is 302 g/mol. The minimum atomic E-state index is 0.622. The van der Waals surface area contributed by atoms with E-state index in [4.69, 9.17) is 4.74 Å². The van der Waals surface area contributed by atoms with E-state index in [1.165, 1.54) is 21.9 Å². The van der Waals surface area contributed by atoms with Crippen LogP contribution in [0.4, 0.5) is 0 Å². The van der Waals surface area contributed by atoms with Crippen molar-refractivity contribution in [3.05, 3.63) is 53.9 Å². The van der Waals surface area contributed by atoms with Gasteiger partial charge in [0.1, 0.15) is 0 Å². The van der Waals surface area contributed by atoms with Crippen LogP contribution in [0.1, 0.15) is 17.2 Å². The lowest BCUT2D eigenvalue weighted by Gasteiger charge is -2.15. The Morgan fingerprint density at radius 3 is 3.10 bits per heavy atom. The van der Waals surface area contributed by atoms with Gasteiger partial charge in [0.25, 0.3) is 0 Å². The molecule has 0 bridgehead atoms. The van der Waals surface area contributed by atoms with Crippen molar-refractivity contribution in [3.8, 4) is 0 Å². The number of rotatable bonds is 7. The largest absolute Gasteiger partial charge is 0.383 e. The second-order valence-corrected chi connectivity index (χ2v) is 6.43. The number of aromatic nitrogens is 1. The smallest absolute Gasteiger partial charge is 0.0587 e. The molecular formula is C17H22N2OS. The van der Waals surface area contributed by atoms with Gasteiger partial charge in [0, 0.05) is 55.2 Å². The predicted molar refractivity (Wildman–Crippen MR) is 87.9 cm³/mol. The summed E-state index contributed by atoms with van der Waals surface area (Å²) in [7, 11) is 1.74. The number of hydrogen-bond acceptors (Lipinski definition) is 3. The minimum absolute atomic E-state index is 0.622. The molecule has 1 aromatic carbocycles. The lowest BCUT2D eigenvalue weighted by Crippen LogP contribution is -2.21. The first kappa shape index (κ1) is 14.7. The number of benzene rings is 1. The Hall–Kier alpha value is -1.23. The molecule has 21 heavy (non-hydrogen) atoms. The first-order valence-corrected chi connectivity index (χ1v) is 8.42. The number of thioether (sulfide) groups is 1. The van der Waals surface area contributed by atoms with Crippen molar-refractivity contribution in [1.82, 2.24) is 9.88 Å². The summed E-state index contributed by atoms with van der Waals surface area (Å²) < 4.78 is 7.45. The molecule has 1 aliphatic heterocycles. The highest BCUT2D eigenvalue weighted by Gasteiger charge is 2.23. The zero-order valence-corrected chi connectivity index (χ0v) is 13.2. The van der Waals surface area contributed by atoms with Gasteiger partial charge in [-0.05, 0) is 23.8 Å². The van der Waals surface area contributed by atoms with Crippen LogP contribution in [-0.4, -0.2) is 30.6 Å². The van der Waals surface area contributed by atoms with Gasteiger partial charge in [-0.3, -0.25) is 0 Å². The molecule has 1 N–H and O–H groups in total. The molecule has 0 amide bonds. The van der Waals surface area contributed by atoms with E-state index < -0.39 is 0 Å².